The van der Waals surface area contributed by atoms with E-state index >= 15 is 0 Å². The van der Waals surface area contributed by atoms with Gasteiger partial charge in [0.1, 0.15) is 11.9 Å². The summed E-state index contributed by atoms with van der Waals surface area (Å²) in [5, 5.41) is 0. The number of hydrogen-bond acceptors (Lipinski definition) is 3. The molecular formula is C12H15FO3. The summed E-state index contributed by atoms with van der Waals surface area (Å²) >= 11 is 0. The highest BCUT2D eigenvalue weighted by Crippen LogP contribution is 2.12. The number of ether oxygens (including phenoxy) is 2. The Balaban J connectivity index is 2.76. The second-order valence-electron chi connectivity index (χ2n) is 3.65. The van der Waals surface area contributed by atoms with Crippen molar-refractivity contribution in [3.63, 3.8) is 0 Å². The predicted molar refractivity (Wildman–Crippen MR) is 57.9 cm³/mol. The Labute approximate surface area is 94.2 Å². The lowest BCUT2D eigenvalue weighted by atomic mass is 10.1. The Hall–Kier alpha value is -1.42. The molecule has 0 saturated heterocycles. The van der Waals surface area contributed by atoms with Gasteiger partial charge in [0.25, 0.3) is 0 Å². The van der Waals surface area contributed by atoms with Crippen molar-refractivity contribution in [3.05, 3.63) is 35.1 Å². The van der Waals surface area contributed by atoms with Crippen molar-refractivity contribution in [3.8, 4) is 0 Å². The number of benzene rings is 1. The van der Waals surface area contributed by atoms with Crippen molar-refractivity contribution in [1.29, 1.82) is 0 Å². The van der Waals surface area contributed by atoms with Crippen LogP contribution in [0.5, 0.6) is 0 Å². The Morgan fingerprint density at radius 3 is 2.81 bits per heavy atom. The second kappa shape index (κ2) is 5.61. The molecule has 88 valence electrons. The molecule has 0 heterocycles. The summed E-state index contributed by atoms with van der Waals surface area (Å²) < 4.78 is 23.2. The highest BCUT2D eigenvalue weighted by atomic mass is 19.1. The molecule has 1 aromatic carbocycles. The molecule has 0 amide bonds. The minimum atomic E-state index is -0.661. The summed E-state index contributed by atoms with van der Waals surface area (Å²) in [7, 11) is 1.51. The fourth-order valence-corrected chi connectivity index (χ4v) is 1.31. The molecule has 1 atom stereocenters. The van der Waals surface area contributed by atoms with Crippen LogP contribution in [-0.2, 0) is 9.47 Å². The second-order valence-corrected chi connectivity index (χ2v) is 3.65. The molecule has 0 N–H and O–H groups in total. The van der Waals surface area contributed by atoms with E-state index < -0.39 is 17.9 Å². The Bertz CT molecular complexity index is 377. The fraction of sp³-hybridized carbons (Fsp3) is 0.417. The van der Waals surface area contributed by atoms with Crippen LogP contribution in [0.25, 0.3) is 0 Å². The lowest BCUT2D eigenvalue weighted by Crippen LogP contribution is -2.20. The van der Waals surface area contributed by atoms with Gasteiger partial charge in [-0.25, -0.2) is 9.18 Å². The van der Waals surface area contributed by atoms with Crippen molar-refractivity contribution >= 4 is 5.97 Å². The number of halogens is 1. The molecule has 1 rings (SSSR count). The van der Waals surface area contributed by atoms with Crippen LogP contribution in [-0.4, -0.2) is 25.8 Å². The van der Waals surface area contributed by atoms with Gasteiger partial charge in [-0.2, -0.15) is 0 Å². The molecule has 4 heteroatoms. The minimum Gasteiger partial charge on any atom is -0.457 e. The van der Waals surface area contributed by atoms with E-state index in [1.54, 1.807) is 19.9 Å². The SMILES string of the molecule is COC[C@@H](C)OC(=O)c1cc(C)ccc1F. The molecule has 0 radical (unpaired) electrons. The standard InChI is InChI=1S/C12H15FO3/c1-8-4-5-11(13)10(6-8)12(14)16-9(2)7-15-3/h4-6,9H,7H2,1-3H3/t9-/m1/s1. The number of esters is 1. The van der Waals surface area contributed by atoms with E-state index in [4.69, 9.17) is 9.47 Å². The van der Waals surface area contributed by atoms with E-state index in [-0.39, 0.29) is 5.56 Å². The Morgan fingerprint density at radius 2 is 2.19 bits per heavy atom. The van der Waals surface area contributed by atoms with E-state index in [2.05, 4.69) is 0 Å². The highest BCUT2D eigenvalue weighted by molar-refractivity contribution is 5.90. The first-order valence-electron chi connectivity index (χ1n) is 5.00. The van der Waals surface area contributed by atoms with Gasteiger partial charge in [-0.1, -0.05) is 11.6 Å². The summed E-state index contributed by atoms with van der Waals surface area (Å²) in [6, 6.07) is 4.33. The number of methoxy groups -OCH3 is 1. The van der Waals surface area contributed by atoms with Crippen LogP contribution in [0.2, 0.25) is 0 Å². The molecule has 0 bridgehead atoms. The summed E-state index contributed by atoms with van der Waals surface area (Å²) in [4.78, 5) is 11.6. The summed E-state index contributed by atoms with van der Waals surface area (Å²) in [5.74, 6) is -1.23. The van der Waals surface area contributed by atoms with Crippen LogP contribution in [0.3, 0.4) is 0 Å². The maximum absolute atomic E-state index is 13.3. The molecule has 16 heavy (non-hydrogen) atoms. The Kier molecular flexibility index (Phi) is 4.43. The molecule has 0 saturated carbocycles. The number of hydrogen-bond donors (Lipinski definition) is 0. The number of carbonyl (C=O) groups is 1. The third-order valence-corrected chi connectivity index (χ3v) is 2.05. The van der Waals surface area contributed by atoms with E-state index in [0.717, 1.165) is 5.56 Å². The van der Waals surface area contributed by atoms with Gasteiger partial charge in [0.15, 0.2) is 0 Å². The van der Waals surface area contributed by atoms with Gasteiger partial charge in [0.05, 0.1) is 12.2 Å². The molecule has 0 aliphatic carbocycles. The molecule has 0 fully saturated rings. The van der Waals surface area contributed by atoms with Gasteiger partial charge in [-0.15, -0.1) is 0 Å². The van der Waals surface area contributed by atoms with Crippen molar-refractivity contribution in [2.45, 2.75) is 20.0 Å². The average Bonchev–Trinajstić information content (AvgIpc) is 2.21. The molecule has 0 spiro atoms. The molecular weight excluding hydrogens is 211 g/mol. The van der Waals surface area contributed by atoms with Crippen molar-refractivity contribution in [1.82, 2.24) is 0 Å². The van der Waals surface area contributed by atoms with Gasteiger partial charge in [-0.3, -0.25) is 0 Å². The molecule has 0 aliphatic rings. The summed E-state index contributed by atoms with van der Waals surface area (Å²) in [6.45, 7) is 3.77. The van der Waals surface area contributed by atoms with Crippen molar-refractivity contribution < 1.29 is 18.7 Å². The van der Waals surface area contributed by atoms with Crippen molar-refractivity contribution in [2.24, 2.45) is 0 Å². The number of rotatable bonds is 4. The van der Waals surface area contributed by atoms with E-state index in [9.17, 15) is 9.18 Å². The highest BCUT2D eigenvalue weighted by Gasteiger charge is 2.16. The summed E-state index contributed by atoms with van der Waals surface area (Å²) in [6.07, 6.45) is -0.391. The number of carbonyl (C=O) groups excluding carboxylic acids is 1. The van der Waals surface area contributed by atoms with E-state index in [0.29, 0.717) is 6.61 Å². The van der Waals surface area contributed by atoms with Gasteiger partial charge >= 0.3 is 5.97 Å². The van der Waals surface area contributed by atoms with Gasteiger partial charge in [0.2, 0.25) is 0 Å². The zero-order chi connectivity index (χ0) is 12.1. The minimum absolute atomic E-state index is 0.0389. The first kappa shape index (κ1) is 12.6. The molecule has 0 aliphatic heterocycles. The lowest BCUT2D eigenvalue weighted by Gasteiger charge is -2.12. The van der Waals surface area contributed by atoms with Gasteiger partial charge in [-0.05, 0) is 26.0 Å². The third-order valence-electron chi connectivity index (χ3n) is 2.05. The Morgan fingerprint density at radius 1 is 1.50 bits per heavy atom. The zero-order valence-corrected chi connectivity index (χ0v) is 9.62. The van der Waals surface area contributed by atoms with Crippen LogP contribution in [0.1, 0.15) is 22.8 Å². The van der Waals surface area contributed by atoms with Crippen molar-refractivity contribution in [2.75, 3.05) is 13.7 Å². The van der Waals surface area contributed by atoms with Crippen LogP contribution in [0.4, 0.5) is 4.39 Å². The maximum Gasteiger partial charge on any atom is 0.341 e. The lowest BCUT2D eigenvalue weighted by molar-refractivity contribution is 0.0116. The molecule has 0 aromatic heterocycles. The smallest absolute Gasteiger partial charge is 0.341 e. The van der Waals surface area contributed by atoms with E-state index in [1.165, 1.54) is 19.2 Å². The topological polar surface area (TPSA) is 35.5 Å². The van der Waals surface area contributed by atoms with Crippen LogP contribution in [0.15, 0.2) is 18.2 Å². The van der Waals surface area contributed by atoms with Crippen LogP contribution >= 0.6 is 0 Å². The first-order valence-corrected chi connectivity index (χ1v) is 5.00. The predicted octanol–water partition coefficient (Wildman–Crippen LogP) is 2.33. The zero-order valence-electron chi connectivity index (χ0n) is 9.62. The number of aryl methyl sites for hydroxylation is 1. The third kappa shape index (κ3) is 3.31. The first-order chi connectivity index (χ1) is 7.54. The quantitative estimate of drug-likeness (QED) is 0.739. The molecule has 3 nitrogen and oxygen atoms in total. The van der Waals surface area contributed by atoms with E-state index in [1.807, 2.05) is 0 Å². The van der Waals surface area contributed by atoms with Gasteiger partial charge in [0, 0.05) is 7.11 Å². The largest absolute Gasteiger partial charge is 0.457 e. The van der Waals surface area contributed by atoms with Crippen LogP contribution in [0, 0.1) is 12.7 Å². The van der Waals surface area contributed by atoms with Crippen LogP contribution < -0.4 is 0 Å². The van der Waals surface area contributed by atoms with Gasteiger partial charge < -0.3 is 9.47 Å². The molecule has 0 unspecified atom stereocenters. The fourth-order valence-electron chi connectivity index (χ4n) is 1.31. The average molecular weight is 226 g/mol. The maximum atomic E-state index is 13.3. The normalized spacial score (nSPS) is 12.2. The molecule has 1 aromatic rings. The monoisotopic (exact) mass is 226 g/mol. The summed E-state index contributed by atoms with van der Waals surface area (Å²) in [5.41, 5.74) is 0.774.